The zero-order valence-corrected chi connectivity index (χ0v) is 41.9. The number of hydrogen-bond acceptors (Lipinski definition) is 9. The lowest BCUT2D eigenvalue weighted by molar-refractivity contribution is -0.257. The molecule has 1 saturated carbocycles. The summed E-state index contributed by atoms with van der Waals surface area (Å²) in [5, 5.41) is 25.2. The van der Waals surface area contributed by atoms with E-state index < -0.39 is 18.1 Å². The van der Waals surface area contributed by atoms with Gasteiger partial charge in [-0.1, -0.05) is 138 Å². The van der Waals surface area contributed by atoms with Crippen molar-refractivity contribution in [1.82, 2.24) is 4.90 Å². The normalized spacial score (nSPS) is 24.4. The van der Waals surface area contributed by atoms with Gasteiger partial charge in [0.2, 0.25) is 18.0 Å². The van der Waals surface area contributed by atoms with Gasteiger partial charge in [-0.25, -0.2) is 0 Å². The molecule has 2 aliphatic carbocycles. The topological polar surface area (TPSA) is 119 Å². The van der Waals surface area contributed by atoms with Crippen LogP contribution in [0.2, 0.25) is 0 Å². The number of benzene rings is 3. The van der Waals surface area contributed by atoms with Gasteiger partial charge >= 0.3 is 0 Å². The largest absolute Gasteiger partial charge is 0.459 e. The van der Waals surface area contributed by atoms with Crippen LogP contribution in [0.3, 0.4) is 0 Å². The third kappa shape index (κ3) is 13.5. The predicted octanol–water partition coefficient (Wildman–Crippen LogP) is 13.5. The van der Waals surface area contributed by atoms with Crippen molar-refractivity contribution in [2.45, 2.75) is 173 Å². The van der Waals surface area contributed by atoms with E-state index in [0.29, 0.717) is 44.6 Å². The molecule has 1 saturated heterocycles. The van der Waals surface area contributed by atoms with Gasteiger partial charge < -0.3 is 38.9 Å². The van der Waals surface area contributed by atoms with Crippen LogP contribution in [0, 0.1) is 17.8 Å². The molecule has 7 atom stereocenters. The summed E-state index contributed by atoms with van der Waals surface area (Å²) in [6, 6.07) is 24.2. The first-order valence-electron chi connectivity index (χ1n) is 26.9. The van der Waals surface area contributed by atoms with E-state index in [4.69, 9.17) is 28.9 Å². The average molecular weight is 947 g/mol. The molecule has 3 aromatic carbocycles. The van der Waals surface area contributed by atoms with E-state index in [-0.39, 0.29) is 49.4 Å². The molecule has 2 heterocycles. The van der Waals surface area contributed by atoms with Crippen LogP contribution in [0.4, 0.5) is 0 Å². The van der Waals surface area contributed by atoms with Gasteiger partial charge in [0.25, 0.3) is 0 Å². The van der Waals surface area contributed by atoms with Crippen LogP contribution < -0.4 is 9.47 Å². The number of aliphatic hydroxyl groups is 2. The Balaban J connectivity index is 1.31. The minimum Gasteiger partial charge on any atom is -0.459 e. The molecule has 3 aromatic rings. The van der Waals surface area contributed by atoms with Crippen LogP contribution in [0.25, 0.3) is 11.1 Å². The second-order valence-corrected chi connectivity index (χ2v) is 19.8. The Morgan fingerprint density at radius 2 is 1.54 bits per heavy atom. The fourth-order valence-electron chi connectivity index (χ4n) is 11.5. The molecule has 4 aliphatic rings. The number of oxime groups is 1. The Morgan fingerprint density at radius 1 is 0.826 bits per heavy atom. The number of ether oxygens (including phenoxy) is 4. The molecule has 7 rings (SSSR count). The minimum absolute atomic E-state index is 0.110. The lowest BCUT2D eigenvalue weighted by Crippen LogP contribution is -2.70. The molecule has 10 heteroatoms. The molecule has 376 valence electrons. The zero-order valence-electron chi connectivity index (χ0n) is 41.9. The van der Waals surface area contributed by atoms with E-state index in [9.17, 15) is 15.0 Å². The molecule has 2 fully saturated rings. The highest BCUT2D eigenvalue weighted by atomic mass is 16.8. The van der Waals surface area contributed by atoms with Crippen molar-refractivity contribution < 1.29 is 38.8 Å². The summed E-state index contributed by atoms with van der Waals surface area (Å²) in [4.78, 5) is 23.3. The van der Waals surface area contributed by atoms with Crippen molar-refractivity contribution in [2.24, 2.45) is 22.9 Å². The Morgan fingerprint density at radius 3 is 2.23 bits per heavy atom. The molecule has 69 heavy (non-hydrogen) atoms. The second-order valence-electron chi connectivity index (χ2n) is 19.8. The van der Waals surface area contributed by atoms with Crippen molar-refractivity contribution in [3.05, 3.63) is 103 Å². The average Bonchev–Trinajstić information content (AvgIpc) is 3.38. The Kier molecular flexibility index (Phi) is 20.6. The van der Waals surface area contributed by atoms with Crippen LogP contribution in [-0.2, 0) is 19.1 Å². The number of allylic oxidation sites excluding steroid dienone is 1. The first-order chi connectivity index (χ1) is 33.9. The molecule has 0 aromatic heterocycles. The monoisotopic (exact) mass is 947 g/mol. The Hall–Kier alpha value is -4.48. The zero-order chi connectivity index (χ0) is 48.3. The number of nitrogens with zero attached hydrogens (tertiary/aromatic N) is 2. The van der Waals surface area contributed by atoms with Gasteiger partial charge in [0.05, 0.1) is 24.8 Å². The van der Waals surface area contributed by atoms with Gasteiger partial charge in [-0.05, 0) is 110 Å². The third-order valence-electron chi connectivity index (χ3n) is 14.9. The van der Waals surface area contributed by atoms with E-state index in [0.717, 1.165) is 110 Å². The van der Waals surface area contributed by atoms with Gasteiger partial charge in [-0.15, -0.1) is 6.58 Å². The van der Waals surface area contributed by atoms with E-state index in [2.05, 4.69) is 61.7 Å². The molecule has 1 amide bonds. The van der Waals surface area contributed by atoms with Gasteiger partial charge in [0, 0.05) is 50.5 Å². The van der Waals surface area contributed by atoms with Gasteiger partial charge in [0.15, 0.2) is 0 Å². The maximum absolute atomic E-state index is 14.9. The highest BCUT2D eigenvalue weighted by Crippen LogP contribution is 2.62. The number of rotatable bonds is 29. The van der Waals surface area contributed by atoms with Crippen molar-refractivity contribution in [2.75, 3.05) is 33.0 Å². The minimum atomic E-state index is -1.29. The number of unbranched alkanes of at least 4 members (excludes halogenated alkanes) is 10. The number of amides is 1. The van der Waals surface area contributed by atoms with E-state index in [1.165, 1.54) is 38.5 Å². The maximum atomic E-state index is 14.9. The highest BCUT2D eigenvalue weighted by molar-refractivity contribution is 6.03. The summed E-state index contributed by atoms with van der Waals surface area (Å²) in [5.74, 6) is 0.680. The molecule has 0 spiro atoms. The van der Waals surface area contributed by atoms with Gasteiger partial charge in [-0.3, -0.25) is 4.79 Å². The molecule has 0 radical (unpaired) electrons. The smallest absolute Gasteiger partial charge is 0.239 e. The maximum Gasteiger partial charge on any atom is 0.239 e. The van der Waals surface area contributed by atoms with Gasteiger partial charge in [0.1, 0.15) is 23.3 Å². The highest BCUT2D eigenvalue weighted by Gasteiger charge is 2.65. The molecular weight excluding hydrogens is 865 g/mol. The summed E-state index contributed by atoms with van der Waals surface area (Å²) in [6.45, 7) is 10.2. The van der Waals surface area contributed by atoms with E-state index in [1.54, 1.807) is 6.08 Å². The predicted molar refractivity (Wildman–Crippen MR) is 275 cm³/mol. The van der Waals surface area contributed by atoms with Crippen molar-refractivity contribution in [3.63, 3.8) is 0 Å². The summed E-state index contributed by atoms with van der Waals surface area (Å²) in [7, 11) is 0. The Labute approximate surface area is 413 Å². The van der Waals surface area contributed by atoms with Crippen molar-refractivity contribution >= 4 is 11.6 Å². The molecule has 2 N–H and O–H groups in total. The first-order valence-corrected chi connectivity index (χ1v) is 26.9. The van der Waals surface area contributed by atoms with Crippen LogP contribution >= 0.6 is 0 Å². The van der Waals surface area contributed by atoms with Crippen LogP contribution in [0.15, 0.2) is 102 Å². The van der Waals surface area contributed by atoms with Crippen LogP contribution in [-0.4, -0.2) is 77.8 Å². The first kappa shape index (κ1) is 52.3. The van der Waals surface area contributed by atoms with Crippen LogP contribution in [0.1, 0.15) is 160 Å². The fraction of sp³-hybridized carbons (Fsp3) is 0.593. The second kappa shape index (κ2) is 27.2. The number of carbonyl (C=O) groups excluding carboxylic acids is 1. The van der Waals surface area contributed by atoms with Crippen molar-refractivity contribution in [1.29, 1.82) is 0 Å². The van der Waals surface area contributed by atoms with E-state index in [1.807, 2.05) is 42.5 Å². The quantitative estimate of drug-likeness (QED) is 0.0401. The molecule has 2 aliphatic heterocycles. The lowest BCUT2D eigenvalue weighted by Gasteiger charge is -2.60. The summed E-state index contributed by atoms with van der Waals surface area (Å²) < 4.78 is 27.5. The SMILES string of the molecule is C=CCOC12Oc3ccc(Oc4ccc(-c5ccccc5)cc4)cc3C3C(CCCCO)C(CCCCO)C=C(C(=NOC4CCCCO4)CC1N(CCC)C(=O)CCCCCCCCCCC)C32. The lowest BCUT2D eigenvalue weighted by atomic mass is 9.55. The summed E-state index contributed by atoms with van der Waals surface area (Å²) >= 11 is 0. The number of fused-ring (bicyclic) bond motifs is 2. The Bertz CT molecular complexity index is 2080. The molecule has 10 nitrogen and oxygen atoms in total. The number of aliphatic hydroxyl groups excluding tert-OH is 2. The number of hydrogen-bond donors (Lipinski definition) is 2. The molecular formula is C59H82N2O8. The standard InChI is InChI=1S/C59H82N2O8/c1-4-7-8-9-10-11-12-13-17-28-55(64)61(36-5-2)54-43-52(60-69-56-29-20-23-40-65-56)50-41-46(26-18-21-37-62)49(27-19-22-38-63)57-51-42-48(34-35-53(51)68-59(54,58(50)57)66-39-6-3)67-47-32-30-45(31-33-47)44-24-15-14-16-25-44/h6,14-16,24-25,30-35,41-42,46,49,54,56-58,62-63H,3-5,7-13,17-23,26-29,36-40,43H2,1-2H3. The van der Waals surface area contributed by atoms with E-state index >= 15 is 0 Å². The van der Waals surface area contributed by atoms with Crippen LogP contribution in [0.5, 0.6) is 17.2 Å². The third-order valence-corrected chi connectivity index (χ3v) is 14.9. The summed E-state index contributed by atoms with van der Waals surface area (Å²) in [5.41, 5.74) is 5.12. The fourth-order valence-corrected chi connectivity index (χ4v) is 11.5. The molecule has 7 unspecified atom stereocenters. The number of carbonyl (C=O) groups is 1. The van der Waals surface area contributed by atoms with Crippen molar-refractivity contribution in [3.8, 4) is 28.4 Å². The van der Waals surface area contributed by atoms with Gasteiger partial charge in [-0.2, -0.15) is 0 Å². The summed E-state index contributed by atoms with van der Waals surface area (Å²) in [6.07, 6.45) is 23.6. The molecule has 0 bridgehead atoms.